The van der Waals surface area contributed by atoms with Crippen LogP contribution in [0.5, 0.6) is 0 Å². The Morgan fingerprint density at radius 3 is 2.81 bits per heavy atom. The molecule has 6 heteroatoms. The van der Waals surface area contributed by atoms with Crippen LogP contribution in [-0.2, 0) is 11.2 Å². The predicted molar refractivity (Wildman–Crippen MR) is 103 cm³/mol. The number of guanidine groups is 1. The minimum Gasteiger partial charge on any atom is -0.380 e. The second-order valence-electron chi connectivity index (χ2n) is 4.73. The molecule has 0 radical (unpaired) electrons. The summed E-state index contributed by atoms with van der Waals surface area (Å²) in [7, 11) is 0. The van der Waals surface area contributed by atoms with Gasteiger partial charge in [-0.05, 0) is 37.6 Å². The van der Waals surface area contributed by atoms with Crippen molar-refractivity contribution in [2.24, 2.45) is 10.9 Å². The summed E-state index contributed by atoms with van der Waals surface area (Å²) in [5, 5.41) is 8.68. The van der Waals surface area contributed by atoms with Crippen LogP contribution in [0.25, 0.3) is 0 Å². The summed E-state index contributed by atoms with van der Waals surface area (Å²) in [6, 6.07) is 4.30. The summed E-state index contributed by atoms with van der Waals surface area (Å²) in [5.74, 6) is 1.43. The highest BCUT2D eigenvalue weighted by molar-refractivity contribution is 14.0. The van der Waals surface area contributed by atoms with E-state index < -0.39 is 0 Å². The molecular weight excluding hydrogens is 397 g/mol. The van der Waals surface area contributed by atoms with Gasteiger partial charge < -0.3 is 15.4 Å². The fourth-order valence-corrected chi connectivity index (χ4v) is 2.68. The summed E-state index contributed by atoms with van der Waals surface area (Å²) in [6.07, 6.45) is 1.10. The van der Waals surface area contributed by atoms with Gasteiger partial charge in [0.1, 0.15) is 0 Å². The molecule has 2 N–H and O–H groups in total. The zero-order chi connectivity index (χ0) is 14.6. The standard InChI is InChI=1S/C15H27N3OS.HI/c1-4-16-15(17-8-9-19-5-2)18-12-13(3)11-14-7-6-10-20-14;/h6-7,10,13H,4-5,8-9,11-12H2,1-3H3,(H2,16,17,18);1H. The lowest BCUT2D eigenvalue weighted by Gasteiger charge is -2.13. The first-order chi connectivity index (χ1) is 9.76. The van der Waals surface area contributed by atoms with E-state index in [1.165, 1.54) is 4.88 Å². The van der Waals surface area contributed by atoms with Gasteiger partial charge in [-0.2, -0.15) is 0 Å². The Bertz CT molecular complexity index is 371. The number of thiophene rings is 1. The molecule has 0 aliphatic heterocycles. The Kier molecular flexibility index (Phi) is 13.1. The van der Waals surface area contributed by atoms with E-state index in [1.807, 2.05) is 18.3 Å². The molecule has 0 amide bonds. The van der Waals surface area contributed by atoms with Gasteiger partial charge in [-0.1, -0.05) is 13.0 Å². The summed E-state index contributed by atoms with van der Waals surface area (Å²) < 4.78 is 5.31. The van der Waals surface area contributed by atoms with Gasteiger partial charge in [0.25, 0.3) is 0 Å². The third kappa shape index (κ3) is 10.1. The molecule has 122 valence electrons. The molecule has 1 atom stereocenters. The first-order valence-electron chi connectivity index (χ1n) is 7.38. The normalized spacial score (nSPS) is 12.6. The highest BCUT2D eigenvalue weighted by atomic mass is 127. The molecule has 0 saturated carbocycles. The van der Waals surface area contributed by atoms with Gasteiger partial charge in [0, 0.05) is 31.1 Å². The van der Waals surface area contributed by atoms with Crippen LogP contribution >= 0.6 is 35.3 Å². The van der Waals surface area contributed by atoms with Crippen LogP contribution in [0.3, 0.4) is 0 Å². The maximum Gasteiger partial charge on any atom is 0.191 e. The maximum absolute atomic E-state index is 5.31. The van der Waals surface area contributed by atoms with Gasteiger partial charge >= 0.3 is 0 Å². The lowest BCUT2D eigenvalue weighted by atomic mass is 10.1. The van der Waals surface area contributed by atoms with Crippen molar-refractivity contribution in [2.75, 3.05) is 32.8 Å². The molecule has 0 saturated heterocycles. The number of hydrogen-bond donors (Lipinski definition) is 2. The highest BCUT2D eigenvalue weighted by Crippen LogP contribution is 2.14. The van der Waals surface area contributed by atoms with Crippen molar-refractivity contribution < 1.29 is 4.74 Å². The van der Waals surface area contributed by atoms with Crippen molar-refractivity contribution in [3.05, 3.63) is 22.4 Å². The van der Waals surface area contributed by atoms with Gasteiger partial charge in [-0.15, -0.1) is 35.3 Å². The number of nitrogens with one attached hydrogen (secondary N) is 2. The molecule has 0 fully saturated rings. The lowest BCUT2D eigenvalue weighted by Crippen LogP contribution is -2.39. The molecule has 0 aromatic carbocycles. The van der Waals surface area contributed by atoms with Gasteiger partial charge in [-0.3, -0.25) is 4.99 Å². The van der Waals surface area contributed by atoms with E-state index >= 15 is 0 Å². The van der Waals surface area contributed by atoms with Crippen molar-refractivity contribution in [1.82, 2.24) is 10.6 Å². The van der Waals surface area contributed by atoms with E-state index in [2.05, 4.69) is 47.0 Å². The van der Waals surface area contributed by atoms with Crippen molar-refractivity contribution in [2.45, 2.75) is 27.2 Å². The van der Waals surface area contributed by atoms with Crippen LogP contribution in [0, 0.1) is 5.92 Å². The fraction of sp³-hybridized carbons (Fsp3) is 0.667. The minimum atomic E-state index is 0. The average molecular weight is 425 g/mol. The van der Waals surface area contributed by atoms with E-state index in [9.17, 15) is 0 Å². The Morgan fingerprint density at radius 2 is 2.19 bits per heavy atom. The zero-order valence-corrected chi connectivity index (χ0v) is 16.4. The van der Waals surface area contributed by atoms with Crippen LogP contribution in [0.15, 0.2) is 22.5 Å². The largest absolute Gasteiger partial charge is 0.380 e. The highest BCUT2D eigenvalue weighted by Gasteiger charge is 2.05. The minimum absolute atomic E-state index is 0. The van der Waals surface area contributed by atoms with Gasteiger partial charge in [0.2, 0.25) is 0 Å². The zero-order valence-electron chi connectivity index (χ0n) is 13.2. The quantitative estimate of drug-likeness (QED) is 0.277. The molecule has 0 bridgehead atoms. The second kappa shape index (κ2) is 13.3. The molecule has 1 heterocycles. The first-order valence-corrected chi connectivity index (χ1v) is 8.26. The van der Waals surface area contributed by atoms with Gasteiger partial charge in [-0.25, -0.2) is 0 Å². The van der Waals surface area contributed by atoms with E-state index in [-0.39, 0.29) is 24.0 Å². The molecule has 1 aromatic rings. The van der Waals surface area contributed by atoms with E-state index in [1.54, 1.807) is 0 Å². The lowest BCUT2D eigenvalue weighted by molar-refractivity contribution is 0.152. The maximum atomic E-state index is 5.31. The molecule has 4 nitrogen and oxygen atoms in total. The van der Waals surface area contributed by atoms with E-state index in [0.717, 1.165) is 38.6 Å². The molecule has 0 spiro atoms. The Hall–Kier alpha value is -0.340. The molecule has 0 aliphatic carbocycles. The third-order valence-corrected chi connectivity index (χ3v) is 3.68. The number of halogens is 1. The van der Waals surface area contributed by atoms with Crippen LogP contribution < -0.4 is 10.6 Å². The van der Waals surface area contributed by atoms with Gasteiger partial charge in [0.05, 0.1) is 6.61 Å². The molecule has 1 aromatic heterocycles. The Labute approximate surface area is 149 Å². The molecule has 21 heavy (non-hydrogen) atoms. The summed E-state index contributed by atoms with van der Waals surface area (Å²) in [6.45, 7) is 10.3. The van der Waals surface area contributed by atoms with Crippen LogP contribution in [-0.4, -0.2) is 38.8 Å². The average Bonchev–Trinajstić information content (AvgIpc) is 2.93. The molecule has 0 aliphatic rings. The van der Waals surface area contributed by atoms with Crippen LogP contribution in [0.2, 0.25) is 0 Å². The third-order valence-electron chi connectivity index (χ3n) is 2.78. The van der Waals surface area contributed by atoms with E-state index in [0.29, 0.717) is 12.5 Å². The van der Waals surface area contributed by atoms with Crippen molar-refractivity contribution in [3.8, 4) is 0 Å². The van der Waals surface area contributed by atoms with Gasteiger partial charge in [0.15, 0.2) is 5.96 Å². The number of aliphatic imine (C=N–C) groups is 1. The number of rotatable bonds is 9. The Balaban J connectivity index is 0.00000400. The second-order valence-corrected chi connectivity index (χ2v) is 5.76. The van der Waals surface area contributed by atoms with E-state index in [4.69, 9.17) is 4.74 Å². The topological polar surface area (TPSA) is 45.7 Å². The summed E-state index contributed by atoms with van der Waals surface area (Å²) in [5.41, 5.74) is 0. The SMILES string of the molecule is CCNC(=NCC(C)Cc1cccs1)NCCOCC.I. The molecule has 1 unspecified atom stereocenters. The van der Waals surface area contributed by atoms with Crippen LogP contribution in [0.1, 0.15) is 25.6 Å². The predicted octanol–water partition coefficient (Wildman–Crippen LogP) is 3.14. The van der Waals surface area contributed by atoms with Crippen molar-refractivity contribution in [1.29, 1.82) is 0 Å². The smallest absolute Gasteiger partial charge is 0.191 e. The fourth-order valence-electron chi connectivity index (χ4n) is 1.81. The van der Waals surface area contributed by atoms with Crippen molar-refractivity contribution >= 4 is 41.3 Å². The monoisotopic (exact) mass is 425 g/mol. The number of hydrogen-bond acceptors (Lipinski definition) is 3. The number of nitrogens with zero attached hydrogens (tertiary/aromatic N) is 1. The molecule has 1 rings (SSSR count). The molecular formula is C15H28IN3OS. The number of ether oxygens (including phenoxy) is 1. The summed E-state index contributed by atoms with van der Waals surface area (Å²) in [4.78, 5) is 6.07. The first kappa shape index (κ1) is 20.7. The summed E-state index contributed by atoms with van der Waals surface area (Å²) >= 11 is 1.82. The van der Waals surface area contributed by atoms with Crippen LogP contribution in [0.4, 0.5) is 0 Å². The Morgan fingerprint density at radius 1 is 1.38 bits per heavy atom. The van der Waals surface area contributed by atoms with Crippen molar-refractivity contribution in [3.63, 3.8) is 0 Å².